The summed E-state index contributed by atoms with van der Waals surface area (Å²) in [6, 6.07) is 7.38. The Balaban J connectivity index is 1.02. The minimum atomic E-state index is 0.00806. The summed E-state index contributed by atoms with van der Waals surface area (Å²) in [5, 5.41) is 10.7. The maximum atomic E-state index is 13.4. The summed E-state index contributed by atoms with van der Waals surface area (Å²) in [6.45, 7) is 3.95. The van der Waals surface area contributed by atoms with Crippen LogP contribution >= 0.6 is 0 Å². The highest BCUT2D eigenvalue weighted by atomic mass is 16.5. The molecule has 3 aromatic rings. The second-order valence-corrected chi connectivity index (χ2v) is 10.5. The van der Waals surface area contributed by atoms with Gasteiger partial charge in [-0.1, -0.05) is 0 Å². The highest BCUT2D eigenvalue weighted by Crippen LogP contribution is 2.44. The van der Waals surface area contributed by atoms with E-state index in [4.69, 9.17) is 9.47 Å². The lowest BCUT2D eigenvalue weighted by atomic mass is 10.0. The average Bonchev–Trinajstić information content (AvgIpc) is 3.27. The molecule has 2 unspecified atom stereocenters. The van der Waals surface area contributed by atoms with Gasteiger partial charge in [-0.2, -0.15) is 15.4 Å². The molecular formula is C26H28N6O4. The van der Waals surface area contributed by atoms with Crippen molar-refractivity contribution in [2.45, 2.75) is 31.3 Å². The lowest BCUT2D eigenvalue weighted by Crippen LogP contribution is -2.35. The quantitative estimate of drug-likeness (QED) is 0.586. The molecule has 3 aliphatic heterocycles. The zero-order valence-electron chi connectivity index (χ0n) is 19.9. The van der Waals surface area contributed by atoms with E-state index >= 15 is 0 Å². The fourth-order valence-electron chi connectivity index (χ4n) is 5.80. The molecule has 3 saturated heterocycles. The maximum Gasteiger partial charge on any atom is 0.255 e. The van der Waals surface area contributed by atoms with E-state index in [1.807, 2.05) is 21.9 Å². The van der Waals surface area contributed by atoms with Crippen molar-refractivity contribution in [1.29, 1.82) is 0 Å². The van der Waals surface area contributed by atoms with Gasteiger partial charge in [0.25, 0.3) is 11.8 Å². The summed E-state index contributed by atoms with van der Waals surface area (Å²) < 4.78 is 11.5. The van der Waals surface area contributed by atoms with Gasteiger partial charge in [-0.15, -0.1) is 0 Å². The lowest BCUT2D eigenvalue weighted by molar-refractivity contribution is 0.0738. The number of aromatic nitrogens is 4. The van der Waals surface area contributed by atoms with Gasteiger partial charge in [0.2, 0.25) is 5.88 Å². The van der Waals surface area contributed by atoms with E-state index in [1.54, 1.807) is 18.3 Å². The summed E-state index contributed by atoms with van der Waals surface area (Å²) in [4.78, 5) is 34.9. The first kappa shape index (κ1) is 21.7. The number of likely N-dealkylation sites (tertiary alicyclic amines) is 2. The molecule has 3 atom stereocenters. The number of nitrogens with zero attached hydrogens (tertiary/aromatic N) is 5. The molecule has 1 aromatic carbocycles. The number of carbonyl (C=O) groups excluding carboxylic acids is 2. The number of ether oxygens (including phenoxy) is 2. The van der Waals surface area contributed by atoms with E-state index in [0.29, 0.717) is 61.2 Å². The molecule has 4 aliphatic rings. The fourth-order valence-corrected chi connectivity index (χ4v) is 5.80. The zero-order chi connectivity index (χ0) is 24.2. The predicted molar refractivity (Wildman–Crippen MR) is 129 cm³/mol. The second kappa shape index (κ2) is 8.55. The zero-order valence-corrected chi connectivity index (χ0v) is 19.9. The SMILES string of the molecule is O=C(c1cnc(OC2CCOC2)c(C2CC2)c1)N1CC2CN(C(=O)c3ccc4n[nH]nc4c3)C[C@H]2C1. The molecule has 1 saturated carbocycles. The third-order valence-electron chi connectivity index (χ3n) is 7.93. The van der Waals surface area contributed by atoms with Gasteiger partial charge in [-0.25, -0.2) is 4.98 Å². The van der Waals surface area contributed by atoms with Crippen molar-refractivity contribution in [3.8, 4) is 5.88 Å². The number of pyridine rings is 1. The van der Waals surface area contributed by atoms with Crippen molar-refractivity contribution in [2.24, 2.45) is 11.8 Å². The number of nitrogens with one attached hydrogen (secondary N) is 1. The third-order valence-corrected chi connectivity index (χ3v) is 7.93. The molecular weight excluding hydrogens is 460 g/mol. The van der Waals surface area contributed by atoms with Crippen molar-refractivity contribution in [1.82, 2.24) is 30.2 Å². The van der Waals surface area contributed by atoms with Gasteiger partial charge >= 0.3 is 0 Å². The van der Waals surface area contributed by atoms with Crippen LogP contribution in [-0.2, 0) is 4.74 Å². The number of amides is 2. The molecule has 4 fully saturated rings. The summed E-state index contributed by atoms with van der Waals surface area (Å²) in [7, 11) is 0. The molecule has 10 nitrogen and oxygen atoms in total. The van der Waals surface area contributed by atoms with Gasteiger partial charge in [-0.3, -0.25) is 9.59 Å². The largest absolute Gasteiger partial charge is 0.472 e. The van der Waals surface area contributed by atoms with Gasteiger partial charge in [0.05, 0.1) is 18.8 Å². The normalized spacial score (nSPS) is 25.5. The van der Waals surface area contributed by atoms with Crippen molar-refractivity contribution < 1.29 is 19.1 Å². The highest BCUT2D eigenvalue weighted by molar-refractivity contribution is 5.97. The van der Waals surface area contributed by atoms with E-state index < -0.39 is 0 Å². The average molecular weight is 489 g/mol. The monoisotopic (exact) mass is 488 g/mol. The van der Waals surface area contributed by atoms with Crippen molar-refractivity contribution in [2.75, 3.05) is 39.4 Å². The summed E-state index contributed by atoms with van der Waals surface area (Å²) >= 11 is 0. The number of aromatic amines is 1. The Kier molecular flexibility index (Phi) is 5.16. The number of H-pyrrole nitrogens is 1. The van der Waals surface area contributed by atoms with Crippen LogP contribution < -0.4 is 4.74 Å². The molecule has 0 bridgehead atoms. The molecule has 186 valence electrons. The van der Waals surface area contributed by atoms with E-state index in [-0.39, 0.29) is 29.8 Å². The van der Waals surface area contributed by atoms with Gasteiger partial charge in [-0.05, 0) is 43.0 Å². The van der Waals surface area contributed by atoms with Gasteiger partial charge in [0.15, 0.2) is 0 Å². The maximum absolute atomic E-state index is 13.4. The highest BCUT2D eigenvalue weighted by Gasteiger charge is 2.43. The van der Waals surface area contributed by atoms with Crippen LogP contribution in [0, 0.1) is 11.8 Å². The van der Waals surface area contributed by atoms with Gasteiger partial charge in [0.1, 0.15) is 17.1 Å². The first-order valence-electron chi connectivity index (χ1n) is 12.8. The molecule has 2 aromatic heterocycles. The summed E-state index contributed by atoms with van der Waals surface area (Å²) in [5.41, 5.74) is 3.72. The first-order chi connectivity index (χ1) is 17.6. The number of rotatable bonds is 5. The molecule has 1 N–H and O–H groups in total. The Morgan fingerprint density at radius 1 is 0.917 bits per heavy atom. The molecule has 0 radical (unpaired) electrons. The van der Waals surface area contributed by atoms with Crippen molar-refractivity contribution in [3.63, 3.8) is 0 Å². The topological polar surface area (TPSA) is 114 Å². The first-order valence-corrected chi connectivity index (χ1v) is 12.8. The van der Waals surface area contributed by atoms with Crippen molar-refractivity contribution >= 4 is 22.8 Å². The molecule has 2 amide bonds. The fraction of sp³-hybridized carbons (Fsp3) is 0.500. The van der Waals surface area contributed by atoms with Crippen LogP contribution in [0.15, 0.2) is 30.5 Å². The molecule has 36 heavy (non-hydrogen) atoms. The Morgan fingerprint density at radius 3 is 2.33 bits per heavy atom. The van der Waals surface area contributed by atoms with Crippen molar-refractivity contribution in [3.05, 3.63) is 47.2 Å². The van der Waals surface area contributed by atoms with Gasteiger partial charge < -0.3 is 19.3 Å². The number of hydrogen-bond donors (Lipinski definition) is 1. The van der Waals surface area contributed by atoms with E-state index in [0.717, 1.165) is 36.9 Å². The third kappa shape index (κ3) is 3.89. The Bertz CT molecular complexity index is 1320. The predicted octanol–water partition coefficient (Wildman–Crippen LogP) is 2.24. The van der Waals surface area contributed by atoms with E-state index in [1.165, 1.54) is 0 Å². The molecule has 5 heterocycles. The van der Waals surface area contributed by atoms with Crippen LogP contribution in [-0.4, -0.2) is 87.5 Å². The second-order valence-electron chi connectivity index (χ2n) is 10.5. The molecule has 0 spiro atoms. The summed E-state index contributed by atoms with van der Waals surface area (Å²) in [6.07, 6.45) is 4.79. The van der Waals surface area contributed by atoms with Crippen LogP contribution in [0.5, 0.6) is 5.88 Å². The molecule has 10 heteroatoms. The number of benzene rings is 1. The van der Waals surface area contributed by atoms with Crippen LogP contribution in [0.25, 0.3) is 11.0 Å². The van der Waals surface area contributed by atoms with E-state index in [2.05, 4.69) is 20.4 Å². The minimum Gasteiger partial charge on any atom is -0.472 e. The molecule has 7 rings (SSSR count). The smallest absolute Gasteiger partial charge is 0.255 e. The Hall–Kier alpha value is -3.53. The van der Waals surface area contributed by atoms with Crippen LogP contribution in [0.3, 0.4) is 0 Å². The standard InChI is InChI=1S/C26H28N6O4/c33-25(16-3-4-22-23(8-16)29-30-28-22)31-10-18-12-32(13-19(18)11-31)26(34)17-7-21(15-1-2-15)24(27-9-17)36-20-5-6-35-14-20/h3-4,7-9,15,18-20H,1-2,5-6,10-14H2,(H,28,29,30)/t18-,19?,20?/m0/s1. The molecule has 1 aliphatic carbocycles. The minimum absolute atomic E-state index is 0.00806. The van der Waals surface area contributed by atoms with Crippen LogP contribution in [0.2, 0.25) is 0 Å². The van der Waals surface area contributed by atoms with Crippen LogP contribution in [0.1, 0.15) is 51.5 Å². The number of fused-ring (bicyclic) bond motifs is 2. The lowest BCUT2D eigenvalue weighted by Gasteiger charge is -2.22. The number of carbonyl (C=O) groups is 2. The van der Waals surface area contributed by atoms with Gasteiger partial charge in [0, 0.05) is 61.8 Å². The Morgan fingerprint density at radius 2 is 1.64 bits per heavy atom. The Labute approximate surface area is 207 Å². The van der Waals surface area contributed by atoms with Crippen LogP contribution in [0.4, 0.5) is 0 Å². The van der Waals surface area contributed by atoms with E-state index in [9.17, 15) is 9.59 Å². The number of hydrogen-bond acceptors (Lipinski definition) is 7. The summed E-state index contributed by atoms with van der Waals surface area (Å²) in [5.74, 6) is 1.68.